The van der Waals surface area contributed by atoms with Crippen molar-refractivity contribution >= 4 is 50.8 Å². The maximum Gasteiger partial charge on any atom is 0.416 e. The zero-order chi connectivity index (χ0) is 31.1. The molecule has 0 radical (unpaired) electrons. The molecule has 3 aromatic carbocycles. The Balaban J connectivity index is 1.57. The lowest BCUT2D eigenvalue weighted by atomic mass is 9.93. The maximum atomic E-state index is 13.5. The summed E-state index contributed by atoms with van der Waals surface area (Å²) in [5.41, 5.74) is 2.63. The Kier molecular flexibility index (Phi) is 10.3. The van der Waals surface area contributed by atoms with Crippen LogP contribution in [0, 0.1) is 0 Å². The minimum absolute atomic E-state index is 0.0215. The monoisotopic (exact) mass is 659 g/mol. The van der Waals surface area contributed by atoms with E-state index in [-0.39, 0.29) is 22.3 Å². The molecule has 1 aliphatic rings. The first kappa shape index (κ1) is 31.8. The molecule has 0 unspecified atom stereocenters. The summed E-state index contributed by atoms with van der Waals surface area (Å²) in [5.74, 6) is -2.06. The number of benzene rings is 3. The summed E-state index contributed by atoms with van der Waals surface area (Å²) in [6.07, 6.45) is 0.0685. The van der Waals surface area contributed by atoms with Gasteiger partial charge in [-0.3, -0.25) is 9.69 Å². The number of carbonyl (C=O) groups is 3. The second-order valence-electron chi connectivity index (χ2n) is 10.0. The van der Waals surface area contributed by atoms with Gasteiger partial charge in [-0.1, -0.05) is 46.3 Å². The Bertz CT molecular complexity index is 1510. The highest BCUT2D eigenvalue weighted by molar-refractivity contribution is 9.10. The topological polar surface area (TPSA) is 119 Å². The van der Waals surface area contributed by atoms with Crippen LogP contribution in [0.4, 0.5) is 29.3 Å². The van der Waals surface area contributed by atoms with E-state index in [4.69, 9.17) is 5.11 Å². The van der Waals surface area contributed by atoms with Crippen molar-refractivity contribution in [3.63, 3.8) is 0 Å². The van der Waals surface area contributed by atoms with Gasteiger partial charge in [-0.2, -0.15) is 13.2 Å². The van der Waals surface area contributed by atoms with E-state index >= 15 is 0 Å². The van der Waals surface area contributed by atoms with E-state index in [1.165, 1.54) is 28.7 Å². The number of nitrogens with zero attached hydrogens (tertiary/aromatic N) is 1. The average molecular weight is 660 g/mol. The van der Waals surface area contributed by atoms with E-state index in [0.29, 0.717) is 11.3 Å². The van der Waals surface area contributed by atoms with E-state index in [1.807, 2.05) is 12.1 Å². The summed E-state index contributed by atoms with van der Waals surface area (Å²) in [6, 6.07) is 16.0. The largest absolute Gasteiger partial charge is 0.479 e. The number of hydrogen-bond acceptors (Lipinski definition) is 4. The van der Waals surface area contributed by atoms with Crippen LogP contribution in [0.1, 0.15) is 52.7 Å². The number of urea groups is 1. The standard InChI is InChI=1S/C31H29BrF3N3O5/c32-24-14-23(31(33,34)35)15-25(16-24)37-30(43)38(26-12-10-21(11-13-26)20-4-2-1-3-5-20)18-19-6-8-22(9-7-19)28(40)36-17-27(39)29(41)42/h4,6-16,27,39H,1-3,5,17-18H2,(H,36,40)(H,37,43)(H,41,42)/t27-/m1/s1. The molecule has 0 saturated carbocycles. The molecule has 226 valence electrons. The number of aliphatic hydroxyl groups excluding tert-OH is 1. The summed E-state index contributed by atoms with van der Waals surface area (Å²) in [4.78, 5) is 38.0. The van der Waals surface area contributed by atoms with Gasteiger partial charge in [-0.25, -0.2) is 9.59 Å². The summed E-state index contributed by atoms with van der Waals surface area (Å²) in [6.45, 7) is -0.448. The third kappa shape index (κ3) is 8.68. The minimum atomic E-state index is -4.60. The molecule has 0 fully saturated rings. The molecule has 43 heavy (non-hydrogen) atoms. The van der Waals surface area contributed by atoms with Gasteiger partial charge < -0.3 is 20.8 Å². The molecule has 4 N–H and O–H groups in total. The average Bonchev–Trinajstić information content (AvgIpc) is 2.98. The lowest BCUT2D eigenvalue weighted by Gasteiger charge is -2.24. The molecule has 0 spiro atoms. The van der Waals surface area contributed by atoms with Crippen molar-refractivity contribution in [3.8, 4) is 0 Å². The van der Waals surface area contributed by atoms with Crippen LogP contribution in [0.25, 0.3) is 5.57 Å². The number of halogens is 4. The molecule has 3 aromatic rings. The number of alkyl halides is 3. The first-order valence-corrected chi connectivity index (χ1v) is 14.2. The Morgan fingerprint density at radius 3 is 2.28 bits per heavy atom. The predicted molar refractivity (Wildman–Crippen MR) is 160 cm³/mol. The van der Waals surface area contributed by atoms with E-state index < -0.39 is 42.3 Å². The fourth-order valence-corrected chi connectivity index (χ4v) is 5.07. The zero-order valence-corrected chi connectivity index (χ0v) is 24.4. The van der Waals surface area contributed by atoms with Gasteiger partial charge in [0.15, 0.2) is 6.10 Å². The van der Waals surface area contributed by atoms with Crippen LogP contribution in [0.5, 0.6) is 0 Å². The summed E-state index contributed by atoms with van der Waals surface area (Å²) in [5, 5.41) is 23.0. The summed E-state index contributed by atoms with van der Waals surface area (Å²) in [7, 11) is 0. The molecule has 0 aromatic heterocycles. The third-order valence-electron chi connectivity index (χ3n) is 6.86. The first-order valence-electron chi connectivity index (χ1n) is 13.4. The number of aliphatic hydroxyl groups is 1. The van der Waals surface area contributed by atoms with Crippen LogP contribution in [0.15, 0.2) is 77.3 Å². The van der Waals surface area contributed by atoms with Crippen molar-refractivity contribution in [1.29, 1.82) is 0 Å². The molecule has 3 amide bonds. The SMILES string of the molecule is O=C(NC[C@@H](O)C(=O)O)c1ccc(CN(C(=O)Nc2cc(Br)cc(C(F)(F)F)c2)c2ccc(C3=CCCCC3)cc2)cc1. The smallest absolute Gasteiger partial charge is 0.416 e. The van der Waals surface area contributed by atoms with Crippen molar-refractivity contribution in [2.45, 2.75) is 44.5 Å². The maximum absolute atomic E-state index is 13.5. The molecule has 0 saturated heterocycles. The number of rotatable bonds is 9. The minimum Gasteiger partial charge on any atom is -0.479 e. The number of carboxylic acids is 1. The molecule has 8 nitrogen and oxygen atoms in total. The van der Waals surface area contributed by atoms with Crippen LogP contribution in [0.3, 0.4) is 0 Å². The van der Waals surface area contributed by atoms with Crippen molar-refractivity contribution in [2.75, 3.05) is 16.8 Å². The number of carboxylic acid groups (broad SMARTS) is 1. The van der Waals surface area contributed by atoms with E-state index in [1.54, 1.807) is 24.3 Å². The molecular formula is C31H29BrF3N3O5. The molecular weight excluding hydrogens is 631 g/mol. The molecule has 0 aliphatic heterocycles. The number of carbonyl (C=O) groups excluding carboxylic acids is 2. The summed E-state index contributed by atoms with van der Waals surface area (Å²) >= 11 is 3.08. The van der Waals surface area contributed by atoms with Crippen LogP contribution >= 0.6 is 15.9 Å². The molecule has 4 rings (SSSR count). The Labute approximate surface area is 254 Å². The van der Waals surface area contributed by atoms with Gasteiger partial charge in [0.05, 0.1) is 18.7 Å². The van der Waals surface area contributed by atoms with E-state index in [0.717, 1.165) is 43.4 Å². The third-order valence-corrected chi connectivity index (χ3v) is 7.32. The highest BCUT2D eigenvalue weighted by atomic mass is 79.9. The lowest BCUT2D eigenvalue weighted by Crippen LogP contribution is -2.36. The van der Waals surface area contributed by atoms with Crippen molar-refractivity contribution in [3.05, 3.63) is 99.5 Å². The molecule has 12 heteroatoms. The predicted octanol–water partition coefficient (Wildman–Crippen LogP) is 6.84. The summed E-state index contributed by atoms with van der Waals surface area (Å²) < 4.78 is 40.3. The lowest BCUT2D eigenvalue weighted by molar-refractivity contribution is -0.146. The van der Waals surface area contributed by atoms with E-state index in [2.05, 4.69) is 32.6 Å². The molecule has 0 heterocycles. The van der Waals surface area contributed by atoms with Gasteiger partial charge in [0.1, 0.15) is 0 Å². The van der Waals surface area contributed by atoms with Crippen molar-refractivity contribution in [1.82, 2.24) is 5.32 Å². The Morgan fingerprint density at radius 2 is 1.67 bits per heavy atom. The highest BCUT2D eigenvalue weighted by Crippen LogP contribution is 2.34. The Morgan fingerprint density at radius 1 is 0.977 bits per heavy atom. The fraction of sp³-hybridized carbons (Fsp3) is 0.258. The van der Waals surface area contributed by atoms with Gasteiger partial charge in [0, 0.05) is 21.4 Å². The van der Waals surface area contributed by atoms with Crippen molar-refractivity contribution in [2.24, 2.45) is 0 Å². The molecule has 1 atom stereocenters. The number of allylic oxidation sites excluding steroid dienone is 2. The fourth-order valence-electron chi connectivity index (χ4n) is 4.58. The number of aliphatic carboxylic acids is 1. The molecule has 0 bridgehead atoms. The van der Waals surface area contributed by atoms with Crippen molar-refractivity contribution < 1.29 is 37.8 Å². The van der Waals surface area contributed by atoms with Crippen LogP contribution in [-0.4, -0.2) is 40.8 Å². The van der Waals surface area contributed by atoms with Gasteiger partial charge in [-0.05, 0) is 84.8 Å². The van der Waals surface area contributed by atoms with Crippen LogP contribution in [0.2, 0.25) is 0 Å². The number of hydrogen-bond donors (Lipinski definition) is 4. The van der Waals surface area contributed by atoms with Gasteiger partial charge in [-0.15, -0.1) is 0 Å². The van der Waals surface area contributed by atoms with Gasteiger partial charge in [0.2, 0.25) is 0 Å². The normalized spacial score (nSPS) is 13.9. The highest BCUT2D eigenvalue weighted by Gasteiger charge is 2.31. The zero-order valence-electron chi connectivity index (χ0n) is 22.8. The van der Waals surface area contributed by atoms with Gasteiger partial charge >= 0.3 is 18.2 Å². The van der Waals surface area contributed by atoms with Crippen LogP contribution < -0.4 is 15.5 Å². The quantitative estimate of drug-likeness (QED) is 0.201. The number of anilines is 2. The Hall–Kier alpha value is -4.16. The van der Waals surface area contributed by atoms with Gasteiger partial charge in [0.25, 0.3) is 5.91 Å². The second kappa shape index (κ2) is 13.9. The van der Waals surface area contributed by atoms with Crippen LogP contribution in [-0.2, 0) is 17.5 Å². The number of amides is 3. The molecule has 1 aliphatic carbocycles. The first-order chi connectivity index (χ1) is 20.4. The van der Waals surface area contributed by atoms with E-state index in [9.17, 15) is 32.7 Å². The number of nitrogens with one attached hydrogen (secondary N) is 2. The second-order valence-corrected chi connectivity index (χ2v) is 10.9.